The molecule has 6 nitrogen and oxygen atoms in total. The van der Waals surface area contributed by atoms with Gasteiger partial charge in [0.1, 0.15) is 4.88 Å². The fourth-order valence-electron chi connectivity index (χ4n) is 2.71. The number of thiazole rings is 1. The van der Waals surface area contributed by atoms with E-state index in [-0.39, 0.29) is 5.97 Å². The minimum atomic E-state index is -0.280. The molecule has 1 aliphatic heterocycles. The van der Waals surface area contributed by atoms with E-state index in [0.29, 0.717) is 11.5 Å². The molecule has 7 heteroatoms. The fraction of sp³-hybridized carbons (Fsp3) is 0.471. The third-order valence-electron chi connectivity index (χ3n) is 4.08. The van der Waals surface area contributed by atoms with Gasteiger partial charge in [0.25, 0.3) is 0 Å². The maximum Gasteiger partial charge on any atom is 0.350 e. The Morgan fingerprint density at radius 1 is 1.25 bits per heavy atom. The van der Waals surface area contributed by atoms with Crippen LogP contribution < -0.4 is 4.90 Å². The van der Waals surface area contributed by atoms with Crippen molar-refractivity contribution in [2.75, 3.05) is 44.2 Å². The third-order valence-corrected chi connectivity index (χ3v) is 5.12. The number of ether oxygens (including phenoxy) is 1. The molecule has 0 saturated carbocycles. The van der Waals surface area contributed by atoms with Crippen LogP contribution in [0.2, 0.25) is 0 Å². The standard InChI is InChI=1S/C17H22N4O2S/c1-2-23-16(22)15-13-19-17(24-15)21-11-9-20(10-12-21)8-5-14-3-6-18-7-4-14/h3-4,6-7,13H,2,5,8-12H2,1H3. The van der Waals surface area contributed by atoms with Crippen LogP contribution >= 0.6 is 11.3 Å². The maximum atomic E-state index is 11.7. The quantitative estimate of drug-likeness (QED) is 0.747. The van der Waals surface area contributed by atoms with Crippen LogP contribution in [0.5, 0.6) is 0 Å². The number of esters is 1. The second-order valence-corrected chi connectivity index (χ2v) is 6.67. The molecule has 2 aromatic heterocycles. The molecule has 3 heterocycles. The van der Waals surface area contributed by atoms with E-state index in [2.05, 4.69) is 31.9 Å². The summed E-state index contributed by atoms with van der Waals surface area (Å²) >= 11 is 1.41. The molecule has 24 heavy (non-hydrogen) atoms. The Morgan fingerprint density at radius 3 is 2.71 bits per heavy atom. The SMILES string of the molecule is CCOC(=O)c1cnc(N2CCN(CCc3ccncc3)CC2)s1. The van der Waals surface area contributed by atoms with E-state index in [0.717, 1.165) is 44.3 Å². The first kappa shape index (κ1) is 16.9. The number of hydrogen-bond donors (Lipinski definition) is 0. The van der Waals surface area contributed by atoms with Crippen LogP contribution in [0.1, 0.15) is 22.2 Å². The van der Waals surface area contributed by atoms with Gasteiger partial charge >= 0.3 is 5.97 Å². The predicted octanol–water partition coefficient (Wildman–Crippen LogP) is 2.08. The van der Waals surface area contributed by atoms with Gasteiger partial charge in [0.15, 0.2) is 5.13 Å². The van der Waals surface area contributed by atoms with E-state index in [9.17, 15) is 4.79 Å². The molecule has 1 saturated heterocycles. The Bertz CT molecular complexity index is 654. The molecule has 128 valence electrons. The molecule has 0 radical (unpaired) electrons. The van der Waals surface area contributed by atoms with Gasteiger partial charge in [-0.1, -0.05) is 11.3 Å². The maximum absolute atomic E-state index is 11.7. The normalized spacial score (nSPS) is 15.5. The molecule has 0 aliphatic carbocycles. The topological polar surface area (TPSA) is 58.6 Å². The van der Waals surface area contributed by atoms with Gasteiger partial charge < -0.3 is 9.64 Å². The van der Waals surface area contributed by atoms with Crippen molar-refractivity contribution in [1.29, 1.82) is 0 Å². The fourth-order valence-corrected chi connectivity index (χ4v) is 3.57. The first-order valence-electron chi connectivity index (χ1n) is 8.25. The van der Waals surface area contributed by atoms with Crippen LogP contribution in [-0.2, 0) is 11.2 Å². The van der Waals surface area contributed by atoms with Crippen molar-refractivity contribution in [1.82, 2.24) is 14.9 Å². The van der Waals surface area contributed by atoms with Crippen molar-refractivity contribution < 1.29 is 9.53 Å². The number of rotatable bonds is 6. The summed E-state index contributed by atoms with van der Waals surface area (Å²) in [5.41, 5.74) is 1.33. The number of carbonyl (C=O) groups excluding carboxylic acids is 1. The molecule has 0 bridgehead atoms. The van der Waals surface area contributed by atoms with Crippen LogP contribution in [0.15, 0.2) is 30.7 Å². The zero-order valence-corrected chi connectivity index (χ0v) is 14.7. The number of pyridine rings is 1. The predicted molar refractivity (Wildman–Crippen MR) is 94.7 cm³/mol. The molecular formula is C17H22N4O2S. The van der Waals surface area contributed by atoms with Crippen molar-refractivity contribution in [2.24, 2.45) is 0 Å². The van der Waals surface area contributed by atoms with E-state index in [1.807, 2.05) is 19.3 Å². The molecular weight excluding hydrogens is 324 g/mol. The summed E-state index contributed by atoms with van der Waals surface area (Å²) in [5, 5.41) is 0.909. The highest BCUT2D eigenvalue weighted by atomic mass is 32.1. The minimum absolute atomic E-state index is 0.280. The summed E-state index contributed by atoms with van der Waals surface area (Å²) in [6.45, 7) is 7.16. The van der Waals surface area contributed by atoms with E-state index in [4.69, 9.17) is 4.74 Å². The molecule has 0 unspecified atom stereocenters. The zero-order chi connectivity index (χ0) is 16.8. The lowest BCUT2D eigenvalue weighted by molar-refractivity contribution is 0.0532. The Kier molecular flexibility index (Phi) is 5.77. The summed E-state index contributed by atoms with van der Waals surface area (Å²) in [7, 11) is 0. The van der Waals surface area contributed by atoms with E-state index in [1.54, 1.807) is 6.20 Å². The summed E-state index contributed by atoms with van der Waals surface area (Å²) in [5.74, 6) is -0.280. The second kappa shape index (κ2) is 8.21. The Labute approximate surface area is 146 Å². The molecule has 1 fully saturated rings. The van der Waals surface area contributed by atoms with E-state index >= 15 is 0 Å². The van der Waals surface area contributed by atoms with Crippen LogP contribution in [0.25, 0.3) is 0 Å². The van der Waals surface area contributed by atoms with Gasteiger partial charge in [-0.25, -0.2) is 9.78 Å². The van der Waals surface area contributed by atoms with Crippen molar-refractivity contribution in [3.63, 3.8) is 0 Å². The smallest absolute Gasteiger partial charge is 0.350 e. The summed E-state index contributed by atoms with van der Waals surface area (Å²) in [6.07, 6.45) is 6.36. The molecule has 3 rings (SSSR count). The van der Waals surface area contributed by atoms with Crippen LogP contribution in [0.3, 0.4) is 0 Å². The average Bonchev–Trinajstić information content (AvgIpc) is 3.12. The summed E-state index contributed by atoms with van der Waals surface area (Å²) in [4.78, 5) is 25.5. The lowest BCUT2D eigenvalue weighted by Crippen LogP contribution is -2.46. The Hall–Kier alpha value is -1.99. The van der Waals surface area contributed by atoms with Crippen LogP contribution in [-0.4, -0.2) is 60.2 Å². The molecule has 1 aliphatic rings. The molecule has 2 aromatic rings. The minimum Gasteiger partial charge on any atom is -0.462 e. The highest BCUT2D eigenvalue weighted by molar-refractivity contribution is 7.17. The molecule has 0 N–H and O–H groups in total. The lowest BCUT2D eigenvalue weighted by atomic mass is 10.2. The molecule has 0 aromatic carbocycles. The van der Waals surface area contributed by atoms with E-state index in [1.165, 1.54) is 16.9 Å². The number of carbonyl (C=O) groups is 1. The van der Waals surface area contributed by atoms with E-state index < -0.39 is 0 Å². The number of nitrogens with zero attached hydrogens (tertiary/aromatic N) is 4. The highest BCUT2D eigenvalue weighted by Crippen LogP contribution is 2.24. The number of piperazine rings is 1. The van der Waals surface area contributed by atoms with Crippen molar-refractivity contribution in [3.05, 3.63) is 41.2 Å². The van der Waals surface area contributed by atoms with Gasteiger partial charge in [-0.3, -0.25) is 9.88 Å². The number of hydrogen-bond acceptors (Lipinski definition) is 7. The lowest BCUT2D eigenvalue weighted by Gasteiger charge is -2.34. The zero-order valence-electron chi connectivity index (χ0n) is 13.9. The molecule has 0 amide bonds. The number of anilines is 1. The third kappa shape index (κ3) is 4.30. The second-order valence-electron chi connectivity index (χ2n) is 5.66. The molecule has 0 atom stereocenters. The Morgan fingerprint density at radius 2 is 2.00 bits per heavy atom. The van der Waals surface area contributed by atoms with Crippen molar-refractivity contribution >= 4 is 22.4 Å². The molecule has 0 spiro atoms. The van der Waals surface area contributed by atoms with Crippen LogP contribution in [0, 0.1) is 0 Å². The Balaban J connectivity index is 1.47. The average molecular weight is 346 g/mol. The van der Waals surface area contributed by atoms with Gasteiger partial charge in [0.2, 0.25) is 0 Å². The summed E-state index contributed by atoms with van der Waals surface area (Å²) < 4.78 is 5.02. The van der Waals surface area contributed by atoms with Crippen LogP contribution in [0.4, 0.5) is 5.13 Å². The first-order chi connectivity index (χ1) is 11.8. The first-order valence-corrected chi connectivity index (χ1v) is 9.07. The van der Waals surface area contributed by atoms with Crippen molar-refractivity contribution in [2.45, 2.75) is 13.3 Å². The van der Waals surface area contributed by atoms with Gasteiger partial charge in [-0.15, -0.1) is 0 Å². The summed E-state index contributed by atoms with van der Waals surface area (Å²) in [6, 6.07) is 4.14. The van der Waals surface area contributed by atoms with Gasteiger partial charge in [-0.2, -0.15) is 0 Å². The largest absolute Gasteiger partial charge is 0.462 e. The van der Waals surface area contributed by atoms with Crippen molar-refractivity contribution in [3.8, 4) is 0 Å². The van der Waals surface area contributed by atoms with Gasteiger partial charge in [0, 0.05) is 45.1 Å². The number of aromatic nitrogens is 2. The monoisotopic (exact) mass is 346 g/mol. The van der Waals surface area contributed by atoms with Gasteiger partial charge in [-0.05, 0) is 31.0 Å². The highest BCUT2D eigenvalue weighted by Gasteiger charge is 2.20. The van der Waals surface area contributed by atoms with Gasteiger partial charge in [0.05, 0.1) is 12.8 Å².